The summed E-state index contributed by atoms with van der Waals surface area (Å²) < 4.78 is 2.03. The van der Waals surface area contributed by atoms with Gasteiger partial charge < -0.3 is 14.6 Å². The molecule has 1 N–H and O–H groups in total. The van der Waals surface area contributed by atoms with Crippen LogP contribution in [-0.2, 0) is 11.3 Å². The Morgan fingerprint density at radius 2 is 1.66 bits per heavy atom. The highest BCUT2D eigenvalue weighted by atomic mass is 35.5. The molecule has 6 heteroatoms. The first kappa shape index (κ1) is 23.2. The predicted molar refractivity (Wildman–Crippen MR) is 141 cm³/mol. The fourth-order valence-electron chi connectivity index (χ4n) is 4.83. The van der Waals surface area contributed by atoms with Gasteiger partial charge in [0.1, 0.15) is 0 Å². The molecule has 4 aromatic rings. The number of aromatic nitrogens is 1. The predicted octanol–water partition coefficient (Wildman–Crippen LogP) is 6.66. The average Bonchev–Trinajstić information content (AvgIpc) is 3.52. The molecule has 1 aliphatic rings. The Bertz CT molecular complexity index is 1390. The topological polar surface area (TPSA) is 62.5 Å². The second kappa shape index (κ2) is 9.96. The number of aliphatic carboxylic acids is 1. The summed E-state index contributed by atoms with van der Waals surface area (Å²) in [6.07, 6.45) is 4.11. The van der Waals surface area contributed by atoms with Gasteiger partial charge >= 0.3 is 5.97 Å². The van der Waals surface area contributed by atoms with Crippen LogP contribution in [0.5, 0.6) is 0 Å². The fraction of sp³-hybridized carbons (Fsp3) is 0.241. The van der Waals surface area contributed by atoms with E-state index >= 15 is 0 Å². The molecule has 0 atom stereocenters. The molecule has 1 aliphatic heterocycles. The molecule has 0 aliphatic carbocycles. The van der Waals surface area contributed by atoms with Gasteiger partial charge in [0.25, 0.3) is 0 Å². The van der Waals surface area contributed by atoms with Crippen molar-refractivity contribution in [1.29, 1.82) is 0 Å². The van der Waals surface area contributed by atoms with Gasteiger partial charge in [-0.2, -0.15) is 0 Å². The number of anilines is 1. The largest absolute Gasteiger partial charge is 0.481 e. The van der Waals surface area contributed by atoms with Crippen molar-refractivity contribution in [3.8, 4) is 11.1 Å². The molecule has 1 fully saturated rings. The second-order valence-electron chi connectivity index (χ2n) is 9.09. The van der Waals surface area contributed by atoms with E-state index in [0.29, 0.717) is 17.1 Å². The number of nitrogens with zero attached hydrogens (tertiary/aromatic N) is 2. The number of hydrogen-bond donors (Lipinski definition) is 1. The zero-order valence-corrected chi connectivity index (χ0v) is 20.2. The molecule has 1 aromatic heterocycles. The molecule has 178 valence electrons. The summed E-state index contributed by atoms with van der Waals surface area (Å²) in [5, 5.41) is 10.3. The number of carboxylic acids is 1. The fourth-order valence-corrected chi connectivity index (χ4v) is 5.01. The van der Waals surface area contributed by atoms with Crippen molar-refractivity contribution in [3.63, 3.8) is 0 Å². The van der Waals surface area contributed by atoms with Gasteiger partial charge in [0, 0.05) is 59.4 Å². The minimum atomic E-state index is -0.980. The number of carboxylic acid groups (broad SMARTS) is 1. The van der Waals surface area contributed by atoms with Crippen molar-refractivity contribution in [2.24, 2.45) is 0 Å². The molecule has 2 heterocycles. The summed E-state index contributed by atoms with van der Waals surface area (Å²) in [7, 11) is 0. The number of fused-ring (bicyclic) bond motifs is 1. The summed E-state index contributed by atoms with van der Waals surface area (Å²) in [4.78, 5) is 26.1. The van der Waals surface area contributed by atoms with Gasteiger partial charge in [-0.05, 0) is 59.9 Å². The third-order valence-corrected chi connectivity index (χ3v) is 6.90. The average molecular weight is 487 g/mol. The summed E-state index contributed by atoms with van der Waals surface area (Å²) >= 11 is 6.20. The molecule has 0 spiro atoms. The number of hydrogen-bond acceptors (Lipinski definition) is 3. The standard InChI is InChI=1S/C29H27ClN2O3/c30-23-10-11-27-25(17-23)26(28(33)12-13-29(34)35)19-32(27)18-20-6-8-21(9-7-20)22-4-3-5-24(16-22)31-14-1-2-15-31/h3-11,16-17,19H,1-2,12-15,18H2,(H,34,35). The monoisotopic (exact) mass is 486 g/mol. The highest BCUT2D eigenvalue weighted by Crippen LogP contribution is 2.29. The number of carbonyl (C=O) groups is 2. The van der Waals surface area contributed by atoms with Crippen LogP contribution in [0.4, 0.5) is 5.69 Å². The van der Waals surface area contributed by atoms with Gasteiger partial charge in [-0.3, -0.25) is 9.59 Å². The van der Waals surface area contributed by atoms with E-state index in [1.807, 2.05) is 22.9 Å². The minimum absolute atomic E-state index is 0.0356. The number of carbonyl (C=O) groups excluding carboxylic acids is 1. The van der Waals surface area contributed by atoms with Crippen LogP contribution in [0.3, 0.4) is 0 Å². The van der Waals surface area contributed by atoms with Crippen LogP contribution in [-0.4, -0.2) is 34.5 Å². The van der Waals surface area contributed by atoms with Crippen LogP contribution in [0.25, 0.3) is 22.0 Å². The van der Waals surface area contributed by atoms with E-state index in [1.54, 1.807) is 6.07 Å². The maximum Gasteiger partial charge on any atom is 0.303 e. The van der Waals surface area contributed by atoms with Crippen molar-refractivity contribution in [1.82, 2.24) is 4.57 Å². The molecule has 0 amide bonds. The first-order chi connectivity index (χ1) is 17.0. The van der Waals surface area contributed by atoms with E-state index in [1.165, 1.54) is 29.7 Å². The van der Waals surface area contributed by atoms with E-state index < -0.39 is 5.97 Å². The van der Waals surface area contributed by atoms with Gasteiger partial charge in [-0.1, -0.05) is 48.0 Å². The van der Waals surface area contributed by atoms with Gasteiger partial charge in [0.2, 0.25) is 0 Å². The molecule has 35 heavy (non-hydrogen) atoms. The molecule has 3 aromatic carbocycles. The number of rotatable bonds is 8. The lowest BCUT2D eigenvalue weighted by molar-refractivity contribution is -0.136. The second-order valence-corrected chi connectivity index (χ2v) is 9.53. The van der Waals surface area contributed by atoms with Crippen LogP contribution >= 0.6 is 11.6 Å². The zero-order chi connectivity index (χ0) is 24.4. The first-order valence-corrected chi connectivity index (χ1v) is 12.3. The Labute approximate surface area is 209 Å². The van der Waals surface area contributed by atoms with E-state index in [9.17, 15) is 9.59 Å². The SMILES string of the molecule is O=C(O)CCC(=O)c1cn(Cc2ccc(-c3cccc(N4CCCC4)c3)cc2)c2ccc(Cl)cc12. The third kappa shape index (κ3) is 5.10. The maximum absolute atomic E-state index is 12.7. The smallest absolute Gasteiger partial charge is 0.303 e. The zero-order valence-electron chi connectivity index (χ0n) is 19.4. The van der Waals surface area contributed by atoms with Crippen molar-refractivity contribution >= 4 is 39.9 Å². The summed E-state index contributed by atoms with van der Waals surface area (Å²) in [6, 6.07) is 22.7. The molecule has 0 bridgehead atoms. The van der Waals surface area contributed by atoms with Crippen LogP contribution in [0.2, 0.25) is 5.02 Å². The first-order valence-electron chi connectivity index (χ1n) is 12.0. The number of Topliss-reactive ketones (excluding diaryl/α,β-unsaturated/α-hetero) is 1. The molecule has 0 saturated carbocycles. The Morgan fingerprint density at radius 1 is 0.886 bits per heavy atom. The van der Waals surface area contributed by atoms with Gasteiger partial charge in [0.05, 0.1) is 6.42 Å². The lowest BCUT2D eigenvalue weighted by Gasteiger charge is -2.18. The van der Waals surface area contributed by atoms with Gasteiger partial charge in [-0.15, -0.1) is 0 Å². The number of halogens is 1. The Balaban J connectivity index is 1.39. The molecule has 0 radical (unpaired) electrons. The molecular formula is C29H27ClN2O3. The third-order valence-electron chi connectivity index (χ3n) is 6.67. The van der Waals surface area contributed by atoms with Gasteiger partial charge in [0.15, 0.2) is 5.78 Å². The molecule has 0 unspecified atom stereocenters. The lowest BCUT2D eigenvalue weighted by Crippen LogP contribution is -2.17. The Morgan fingerprint density at radius 3 is 2.40 bits per heavy atom. The number of ketones is 1. The molecule has 1 saturated heterocycles. The van der Waals surface area contributed by atoms with Crippen molar-refractivity contribution in [2.75, 3.05) is 18.0 Å². The van der Waals surface area contributed by atoms with Crippen LogP contribution in [0, 0.1) is 0 Å². The van der Waals surface area contributed by atoms with Gasteiger partial charge in [-0.25, -0.2) is 0 Å². The van der Waals surface area contributed by atoms with E-state index in [0.717, 1.165) is 29.6 Å². The van der Waals surface area contributed by atoms with Crippen LogP contribution < -0.4 is 4.90 Å². The summed E-state index contributed by atoms with van der Waals surface area (Å²) in [5.41, 5.74) is 6.17. The Kier molecular flexibility index (Phi) is 6.60. The summed E-state index contributed by atoms with van der Waals surface area (Å²) in [6.45, 7) is 2.84. The highest BCUT2D eigenvalue weighted by Gasteiger charge is 2.17. The molecule has 5 nitrogen and oxygen atoms in total. The van der Waals surface area contributed by atoms with E-state index in [4.69, 9.17) is 16.7 Å². The van der Waals surface area contributed by atoms with E-state index in [-0.39, 0.29) is 18.6 Å². The number of benzene rings is 3. The quantitative estimate of drug-likeness (QED) is 0.283. The Hall–Kier alpha value is -3.57. The van der Waals surface area contributed by atoms with Crippen molar-refractivity contribution < 1.29 is 14.7 Å². The van der Waals surface area contributed by atoms with Crippen LogP contribution in [0.15, 0.2) is 72.9 Å². The summed E-state index contributed by atoms with van der Waals surface area (Å²) in [5.74, 6) is -1.17. The maximum atomic E-state index is 12.7. The van der Waals surface area contributed by atoms with Crippen LogP contribution in [0.1, 0.15) is 41.6 Å². The highest BCUT2D eigenvalue weighted by molar-refractivity contribution is 6.31. The lowest BCUT2D eigenvalue weighted by atomic mass is 10.0. The van der Waals surface area contributed by atoms with Crippen molar-refractivity contribution in [2.45, 2.75) is 32.2 Å². The van der Waals surface area contributed by atoms with E-state index in [2.05, 4.69) is 53.4 Å². The van der Waals surface area contributed by atoms with Crippen molar-refractivity contribution in [3.05, 3.63) is 89.1 Å². The minimum Gasteiger partial charge on any atom is -0.481 e. The molecular weight excluding hydrogens is 460 g/mol. The normalized spacial score (nSPS) is 13.5. The molecule has 5 rings (SSSR count).